The summed E-state index contributed by atoms with van der Waals surface area (Å²) in [5.74, 6) is 2.26. The second-order valence-corrected chi connectivity index (χ2v) is 5.61. The Hall–Kier alpha value is -1.01. The van der Waals surface area contributed by atoms with Crippen LogP contribution in [0.2, 0.25) is 5.28 Å². The van der Waals surface area contributed by atoms with Gasteiger partial charge in [-0.1, -0.05) is 0 Å². The SMILES string of the molecule is O=c1[nH]c(Cl)nc2c1cnn2C1CCSCC1. The van der Waals surface area contributed by atoms with Gasteiger partial charge in [-0.3, -0.25) is 9.78 Å². The summed E-state index contributed by atoms with van der Waals surface area (Å²) < 4.78 is 1.84. The standard InChI is InChI=1S/C10H11ClN4OS/c11-10-13-8-7(9(16)14-10)5-12-15(8)6-1-3-17-4-2-6/h5-6H,1-4H2,(H,13,14,16). The molecule has 1 aliphatic heterocycles. The topological polar surface area (TPSA) is 63.6 Å². The molecule has 17 heavy (non-hydrogen) atoms. The Morgan fingerprint density at radius 1 is 1.47 bits per heavy atom. The zero-order chi connectivity index (χ0) is 11.8. The minimum Gasteiger partial charge on any atom is -0.296 e. The number of hydrogen-bond donors (Lipinski definition) is 1. The van der Waals surface area contributed by atoms with E-state index >= 15 is 0 Å². The Labute approximate surface area is 107 Å². The van der Waals surface area contributed by atoms with E-state index in [4.69, 9.17) is 11.6 Å². The predicted octanol–water partition coefficient (Wildman–Crippen LogP) is 1.84. The highest BCUT2D eigenvalue weighted by Gasteiger charge is 2.20. The van der Waals surface area contributed by atoms with E-state index in [1.165, 1.54) is 0 Å². The smallest absolute Gasteiger partial charge is 0.262 e. The molecule has 0 aromatic carbocycles. The number of nitrogens with zero attached hydrogens (tertiary/aromatic N) is 3. The summed E-state index contributed by atoms with van der Waals surface area (Å²) in [6.07, 6.45) is 3.69. The largest absolute Gasteiger partial charge is 0.296 e. The maximum Gasteiger partial charge on any atom is 0.262 e. The fourth-order valence-electron chi connectivity index (χ4n) is 2.11. The first-order chi connectivity index (χ1) is 8.25. The van der Waals surface area contributed by atoms with Crippen LogP contribution in [0.15, 0.2) is 11.0 Å². The average Bonchev–Trinajstić information content (AvgIpc) is 2.74. The third kappa shape index (κ3) is 1.95. The fourth-order valence-corrected chi connectivity index (χ4v) is 3.35. The number of hydrogen-bond acceptors (Lipinski definition) is 4. The second kappa shape index (κ2) is 4.34. The summed E-state index contributed by atoms with van der Waals surface area (Å²) in [5.41, 5.74) is 0.368. The van der Waals surface area contributed by atoms with Crippen LogP contribution in [-0.4, -0.2) is 31.3 Å². The van der Waals surface area contributed by atoms with Crippen molar-refractivity contribution in [2.75, 3.05) is 11.5 Å². The van der Waals surface area contributed by atoms with E-state index in [0.717, 1.165) is 24.3 Å². The third-order valence-corrected chi connectivity index (χ3v) is 4.20. The Morgan fingerprint density at radius 3 is 3.00 bits per heavy atom. The number of H-pyrrole nitrogens is 1. The van der Waals surface area contributed by atoms with Gasteiger partial charge in [-0.25, -0.2) is 4.68 Å². The van der Waals surface area contributed by atoms with Crippen LogP contribution >= 0.6 is 23.4 Å². The van der Waals surface area contributed by atoms with Gasteiger partial charge in [-0.15, -0.1) is 0 Å². The third-order valence-electron chi connectivity index (χ3n) is 2.97. The molecule has 90 valence electrons. The number of fused-ring (bicyclic) bond motifs is 1. The molecule has 0 radical (unpaired) electrons. The van der Waals surface area contributed by atoms with Gasteiger partial charge < -0.3 is 0 Å². The summed E-state index contributed by atoms with van der Waals surface area (Å²) in [4.78, 5) is 18.3. The van der Waals surface area contributed by atoms with Crippen molar-refractivity contribution in [3.05, 3.63) is 21.8 Å². The van der Waals surface area contributed by atoms with Crippen molar-refractivity contribution in [1.29, 1.82) is 0 Å². The summed E-state index contributed by atoms with van der Waals surface area (Å²) in [6, 6.07) is 0.333. The van der Waals surface area contributed by atoms with E-state index in [9.17, 15) is 4.79 Å². The number of rotatable bonds is 1. The molecule has 3 rings (SSSR count). The lowest BCUT2D eigenvalue weighted by molar-refractivity contribution is 0.437. The minimum atomic E-state index is -0.226. The molecular formula is C10H11ClN4OS. The number of thioether (sulfide) groups is 1. The van der Waals surface area contributed by atoms with Crippen LogP contribution in [0.25, 0.3) is 11.0 Å². The second-order valence-electron chi connectivity index (χ2n) is 4.03. The van der Waals surface area contributed by atoms with E-state index in [0.29, 0.717) is 17.1 Å². The summed E-state index contributed by atoms with van der Waals surface area (Å²) in [6.45, 7) is 0. The van der Waals surface area contributed by atoms with Gasteiger partial charge in [0.25, 0.3) is 5.56 Å². The quantitative estimate of drug-likeness (QED) is 0.803. The minimum absolute atomic E-state index is 0.120. The molecule has 0 unspecified atom stereocenters. The molecule has 0 aliphatic carbocycles. The van der Waals surface area contributed by atoms with Gasteiger partial charge in [-0.2, -0.15) is 21.8 Å². The van der Waals surface area contributed by atoms with Gasteiger partial charge in [0.1, 0.15) is 5.39 Å². The molecule has 1 N–H and O–H groups in total. The van der Waals surface area contributed by atoms with Gasteiger partial charge in [-0.05, 0) is 35.9 Å². The van der Waals surface area contributed by atoms with Gasteiger partial charge in [0, 0.05) is 0 Å². The van der Waals surface area contributed by atoms with Crippen molar-refractivity contribution in [3.63, 3.8) is 0 Å². The molecular weight excluding hydrogens is 260 g/mol. The lowest BCUT2D eigenvalue weighted by Crippen LogP contribution is -2.17. The van der Waals surface area contributed by atoms with Gasteiger partial charge >= 0.3 is 0 Å². The van der Waals surface area contributed by atoms with E-state index in [2.05, 4.69) is 15.1 Å². The van der Waals surface area contributed by atoms with Crippen molar-refractivity contribution < 1.29 is 0 Å². The molecule has 0 atom stereocenters. The van der Waals surface area contributed by atoms with Crippen LogP contribution < -0.4 is 5.56 Å². The zero-order valence-corrected chi connectivity index (χ0v) is 10.6. The first-order valence-electron chi connectivity index (χ1n) is 5.46. The molecule has 0 saturated carbocycles. The summed E-state index contributed by atoms with van der Waals surface area (Å²) in [7, 11) is 0. The molecule has 0 spiro atoms. The Morgan fingerprint density at radius 2 is 2.24 bits per heavy atom. The first kappa shape index (κ1) is 11.1. The number of aromatic nitrogens is 4. The molecule has 3 heterocycles. The van der Waals surface area contributed by atoms with Crippen LogP contribution in [-0.2, 0) is 0 Å². The van der Waals surface area contributed by atoms with Gasteiger partial charge in [0.15, 0.2) is 5.65 Å². The molecule has 5 nitrogen and oxygen atoms in total. The van der Waals surface area contributed by atoms with Crippen LogP contribution in [0.3, 0.4) is 0 Å². The normalized spacial score (nSPS) is 17.7. The van der Waals surface area contributed by atoms with E-state index < -0.39 is 0 Å². The first-order valence-corrected chi connectivity index (χ1v) is 7.00. The number of aromatic amines is 1. The maximum absolute atomic E-state index is 11.7. The highest BCUT2D eigenvalue weighted by atomic mass is 35.5. The summed E-state index contributed by atoms with van der Waals surface area (Å²) >= 11 is 7.73. The zero-order valence-electron chi connectivity index (χ0n) is 9.02. The van der Waals surface area contributed by atoms with Crippen molar-refractivity contribution in [2.24, 2.45) is 0 Å². The molecule has 0 amide bonds. The lowest BCUT2D eigenvalue weighted by atomic mass is 10.1. The average molecular weight is 271 g/mol. The maximum atomic E-state index is 11.7. The molecule has 2 aromatic rings. The van der Waals surface area contributed by atoms with Gasteiger partial charge in [0.2, 0.25) is 5.28 Å². The summed E-state index contributed by atoms with van der Waals surface area (Å²) in [5, 5.41) is 4.91. The Kier molecular flexibility index (Phi) is 2.84. The van der Waals surface area contributed by atoms with Crippen LogP contribution in [0.4, 0.5) is 0 Å². The lowest BCUT2D eigenvalue weighted by Gasteiger charge is -2.21. The Balaban J connectivity index is 2.13. The molecule has 2 aromatic heterocycles. The molecule has 1 fully saturated rings. The van der Waals surface area contributed by atoms with Crippen molar-refractivity contribution in [2.45, 2.75) is 18.9 Å². The predicted molar refractivity (Wildman–Crippen MR) is 68.8 cm³/mol. The highest BCUT2D eigenvalue weighted by Crippen LogP contribution is 2.28. The molecule has 1 aliphatic rings. The van der Waals surface area contributed by atoms with Crippen LogP contribution in [0, 0.1) is 0 Å². The van der Waals surface area contributed by atoms with Crippen molar-refractivity contribution in [1.82, 2.24) is 19.7 Å². The highest BCUT2D eigenvalue weighted by molar-refractivity contribution is 7.99. The van der Waals surface area contributed by atoms with E-state index in [1.807, 2.05) is 16.4 Å². The molecule has 7 heteroatoms. The van der Waals surface area contributed by atoms with Crippen LogP contribution in [0.5, 0.6) is 0 Å². The Bertz CT molecular complexity index is 602. The van der Waals surface area contributed by atoms with Crippen molar-refractivity contribution in [3.8, 4) is 0 Å². The number of halogens is 1. The van der Waals surface area contributed by atoms with Crippen molar-refractivity contribution >= 4 is 34.4 Å². The molecule has 0 bridgehead atoms. The van der Waals surface area contributed by atoms with E-state index in [-0.39, 0.29) is 10.8 Å². The van der Waals surface area contributed by atoms with Crippen LogP contribution in [0.1, 0.15) is 18.9 Å². The monoisotopic (exact) mass is 270 g/mol. The van der Waals surface area contributed by atoms with E-state index in [1.54, 1.807) is 6.20 Å². The molecule has 1 saturated heterocycles. The van der Waals surface area contributed by atoms with Gasteiger partial charge in [0.05, 0.1) is 12.2 Å². The fraction of sp³-hybridized carbons (Fsp3) is 0.500. The number of nitrogens with one attached hydrogen (secondary N) is 1.